The lowest BCUT2D eigenvalue weighted by Gasteiger charge is -2.14. The second-order valence-electron chi connectivity index (χ2n) is 5.72. The Labute approximate surface area is 157 Å². The van der Waals surface area contributed by atoms with Crippen molar-refractivity contribution >= 4 is 16.8 Å². The van der Waals surface area contributed by atoms with E-state index in [9.17, 15) is 4.79 Å². The van der Waals surface area contributed by atoms with E-state index >= 15 is 0 Å². The number of methoxy groups -OCH3 is 2. The monoisotopic (exact) mass is 367 g/mol. The number of hydrogen-bond acceptors (Lipinski definition) is 4. The van der Waals surface area contributed by atoms with Crippen LogP contribution in [0.15, 0.2) is 54.6 Å². The van der Waals surface area contributed by atoms with Crippen molar-refractivity contribution in [2.75, 3.05) is 14.2 Å². The minimum absolute atomic E-state index is 0.388. The van der Waals surface area contributed by atoms with Crippen LogP contribution in [0, 0.1) is 6.92 Å². The highest BCUT2D eigenvalue weighted by molar-refractivity contribution is 6.68. The van der Waals surface area contributed by atoms with E-state index in [4.69, 9.17) is 21.1 Å². The van der Waals surface area contributed by atoms with Crippen LogP contribution in [0.4, 0.5) is 0 Å². The molecule has 1 heterocycles. The summed E-state index contributed by atoms with van der Waals surface area (Å²) in [6, 6.07) is 17.2. The third kappa shape index (κ3) is 3.41. The van der Waals surface area contributed by atoms with Crippen LogP contribution >= 0.6 is 11.6 Å². The number of pyridine rings is 1. The molecule has 1 aromatic heterocycles. The number of rotatable bonds is 5. The molecule has 3 rings (SSSR count). The summed E-state index contributed by atoms with van der Waals surface area (Å²) in [5.74, 6) is 1.19. The Hall–Kier alpha value is -2.85. The molecule has 0 fully saturated rings. The number of nitrogens with zero attached hydrogens (tertiary/aromatic N) is 1. The molecule has 3 aromatic rings. The quantitative estimate of drug-likeness (QED) is 0.587. The fourth-order valence-electron chi connectivity index (χ4n) is 2.91. The van der Waals surface area contributed by atoms with Gasteiger partial charge in [0, 0.05) is 5.56 Å². The Morgan fingerprint density at radius 1 is 0.923 bits per heavy atom. The van der Waals surface area contributed by atoms with Gasteiger partial charge in [-0.2, -0.15) is 0 Å². The molecule has 0 spiro atoms. The van der Waals surface area contributed by atoms with Crippen molar-refractivity contribution in [3.8, 4) is 33.9 Å². The van der Waals surface area contributed by atoms with Gasteiger partial charge in [0.2, 0.25) is 0 Å². The van der Waals surface area contributed by atoms with Crippen LogP contribution in [0.2, 0.25) is 0 Å². The topological polar surface area (TPSA) is 48.4 Å². The average Bonchev–Trinajstić information content (AvgIpc) is 2.67. The Morgan fingerprint density at radius 3 is 2.23 bits per heavy atom. The fourth-order valence-corrected chi connectivity index (χ4v) is 3.15. The van der Waals surface area contributed by atoms with E-state index in [1.54, 1.807) is 27.2 Å². The van der Waals surface area contributed by atoms with Gasteiger partial charge < -0.3 is 9.47 Å². The van der Waals surface area contributed by atoms with Crippen molar-refractivity contribution in [2.45, 2.75) is 6.92 Å². The van der Waals surface area contributed by atoms with E-state index in [2.05, 4.69) is 4.98 Å². The number of carbonyl (C=O) groups excluding carboxylic acids is 1. The lowest BCUT2D eigenvalue weighted by Crippen LogP contribution is -2.02. The number of aryl methyl sites for hydroxylation is 1. The molecule has 0 amide bonds. The highest BCUT2D eigenvalue weighted by Crippen LogP contribution is 2.36. The zero-order valence-electron chi connectivity index (χ0n) is 14.7. The normalized spacial score (nSPS) is 10.5. The maximum atomic E-state index is 12.1. The number of carbonyl (C=O) groups is 1. The molecule has 26 heavy (non-hydrogen) atoms. The number of halogens is 1. The average molecular weight is 368 g/mol. The molecule has 0 N–H and O–H groups in total. The highest BCUT2D eigenvalue weighted by atomic mass is 35.5. The van der Waals surface area contributed by atoms with Crippen molar-refractivity contribution in [1.82, 2.24) is 4.98 Å². The molecule has 0 aliphatic rings. The predicted octanol–water partition coefficient (Wildman–Crippen LogP) is 5.12. The second kappa shape index (κ2) is 7.58. The molecular weight excluding hydrogens is 350 g/mol. The smallest absolute Gasteiger partial charge is 0.254 e. The summed E-state index contributed by atoms with van der Waals surface area (Å²) in [6.45, 7) is 1.78. The van der Waals surface area contributed by atoms with Crippen LogP contribution in [-0.4, -0.2) is 24.4 Å². The van der Waals surface area contributed by atoms with Crippen LogP contribution in [0.5, 0.6) is 11.5 Å². The molecule has 0 aliphatic carbocycles. The van der Waals surface area contributed by atoms with Crippen molar-refractivity contribution in [1.29, 1.82) is 0 Å². The van der Waals surface area contributed by atoms with Gasteiger partial charge in [-0.05, 0) is 47.9 Å². The van der Waals surface area contributed by atoms with Crippen LogP contribution in [-0.2, 0) is 0 Å². The van der Waals surface area contributed by atoms with Gasteiger partial charge in [-0.15, -0.1) is 0 Å². The number of hydrogen-bond donors (Lipinski definition) is 0. The Morgan fingerprint density at radius 2 is 1.62 bits per heavy atom. The summed E-state index contributed by atoms with van der Waals surface area (Å²) >= 11 is 5.86. The summed E-state index contributed by atoms with van der Waals surface area (Å²) in [4.78, 5) is 16.6. The van der Waals surface area contributed by atoms with E-state index < -0.39 is 5.24 Å². The summed E-state index contributed by atoms with van der Waals surface area (Å²) in [5.41, 5.74) is 4.21. The summed E-state index contributed by atoms with van der Waals surface area (Å²) in [6.07, 6.45) is 0. The molecule has 0 atom stereocenters. The summed E-state index contributed by atoms with van der Waals surface area (Å²) in [5, 5.41) is -0.542. The highest BCUT2D eigenvalue weighted by Gasteiger charge is 2.18. The molecule has 0 radical (unpaired) electrons. The first-order chi connectivity index (χ1) is 12.5. The summed E-state index contributed by atoms with van der Waals surface area (Å²) < 4.78 is 10.7. The maximum absolute atomic E-state index is 12.1. The first-order valence-electron chi connectivity index (χ1n) is 8.04. The van der Waals surface area contributed by atoms with Gasteiger partial charge in [0.1, 0.15) is 0 Å². The van der Waals surface area contributed by atoms with E-state index in [0.29, 0.717) is 28.3 Å². The first-order valence-corrected chi connectivity index (χ1v) is 8.42. The van der Waals surface area contributed by atoms with Crippen molar-refractivity contribution in [3.63, 3.8) is 0 Å². The van der Waals surface area contributed by atoms with Gasteiger partial charge in [-0.25, -0.2) is 0 Å². The number of aromatic nitrogens is 1. The van der Waals surface area contributed by atoms with Crippen LogP contribution in [0.25, 0.3) is 22.4 Å². The van der Waals surface area contributed by atoms with Gasteiger partial charge in [0.25, 0.3) is 5.24 Å². The van der Waals surface area contributed by atoms with Crippen LogP contribution < -0.4 is 9.47 Å². The zero-order valence-corrected chi connectivity index (χ0v) is 15.5. The maximum Gasteiger partial charge on any atom is 0.254 e. The molecule has 4 nitrogen and oxygen atoms in total. The number of benzene rings is 2. The molecule has 5 heteroatoms. The third-order valence-electron chi connectivity index (χ3n) is 4.16. The fraction of sp³-hybridized carbons (Fsp3) is 0.143. The lowest BCUT2D eigenvalue weighted by atomic mass is 9.96. The molecular formula is C21H18ClNO3. The SMILES string of the molecule is COc1ccc(-c2cc(-c3ccccc3)nc(C)c2C(=O)Cl)cc1OC. The molecule has 0 saturated carbocycles. The Bertz CT molecular complexity index is 955. The Kier molecular flexibility index (Phi) is 5.24. The minimum atomic E-state index is -0.542. The van der Waals surface area contributed by atoms with Gasteiger partial charge >= 0.3 is 0 Å². The molecule has 0 saturated heterocycles. The third-order valence-corrected chi connectivity index (χ3v) is 4.35. The molecule has 132 valence electrons. The largest absolute Gasteiger partial charge is 0.493 e. The minimum Gasteiger partial charge on any atom is -0.493 e. The Balaban J connectivity index is 2.25. The summed E-state index contributed by atoms with van der Waals surface area (Å²) in [7, 11) is 3.15. The molecule has 0 unspecified atom stereocenters. The van der Waals surface area contributed by atoms with E-state index in [0.717, 1.165) is 16.8 Å². The van der Waals surface area contributed by atoms with Gasteiger partial charge in [0.15, 0.2) is 11.5 Å². The molecule has 0 bridgehead atoms. The van der Waals surface area contributed by atoms with E-state index in [1.807, 2.05) is 48.5 Å². The zero-order chi connectivity index (χ0) is 18.7. The van der Waals surface area contributed by atoms with Crippen LogP contribution in [0.1, 0.15) is 16.1 Å². The van der Waals surface area contributed by atoms with Crippen molar-refractivity contribution in [2.24, 2.45) is 0 Å². The molecule has 2 aromatic carbocycles. The van der Waals surface area contributed by atoms with Crippen LogP contribution in [0.3, 0.4) is 0 Å². The van der Waals surface area contributed by atoms with E-state index in [-0.39, 0.29) is 0 Å². The van der Waals surface area contributed by atoms with Gasteiger partial charge in [-0.1, -0.05) is 36.4 Å². The van der Waals surface area contributed by atoms with Gasteiger partial charge in [-0.3, -0.25) is 9.78 Å². The molecule has 0 aliphatic heterocycles. The number of ether oxygens (including phenoxy) is 2. The van der Waals surface area contributed by atoms with Gasteiger partial charge in [0.05, 0.1) is 31.2 Å². The van der Waals surface area contributed by atoms with Crippen molar-refractivity contribution < 1.29 is 14.3 Å². The lowest BCUT2D eigenvalue weighted by molar-refractivity contribution is 0.108. The standard InChI is InChI=1S/C21H18ClNO3/c1-13-20(21(22)24)16(12-17(23-13)14-7-5-4-6-8-14)15-9-10-18(25-2)19(11-15)26-3/h4-12H,1-3H3. The second-order valence-corrected chi connectivity index (χ2v) is 6.07. The van der Waals surface area contributed by atoms with Crippen molar-refractivity contribution in [3.05, 3.63) is 65.9 Å². The first kappa shape index (κ1) is 18.0. The predicted molar refractivity (Wildman–Crippen MR) is 103 cm³/mol. The van der Waals surface area contributed by atoms with E-state index in [1.165, 1.54) is 0 Å².